The van der Waals surface area contributed by atoms with Gasteiger partial charge in [0, 0.05) is 48.6 Å². The second-order valence-electron chi connectivity index (χ2n) is 6.85. The molecule has 0 amide bonds. The molecule has 3 aromatic rings. The van der Waals surface area contributed by atoms with Crippen LogP contribution in [0.3, 0.4) is 0 Å². The van der Waals surface area contributed by atoms with Crippen molar-refractivity contribution < 1.29 is 5.11 Å². The SMILES string of the molecule is Cc1ccc2c(N3CC[C@@H](c4ccccc4)[C@@H](CO)C3)ccnc2n1. The summed E-state index contributed by atoms with van der Waals surface area (Å²) in [6.07, 6.45) is 2.87. The van der Waals surface area contributed by atoms with Crippen molar-refractivity contribution in [2.75, 3.05) is 24.6 Å². The summed E-state index contributed by atoms with van der Waals surface area (Å²) in [5.41, 5.74) is 4.27. The third-order valence-corrected chi connectivity index (χ3v) is 5.26. The molecule has 0 aliphatic carbocycles. The second kappa shape index (κ2) is 6.81. The molecule has 1 aliphatic heterocycles. The monoisotopic (exact) mass is 333 g/mol. The summed E-state index contributed by atoms with van der Waals surface area (Å²) in [6, 6.07) is 16.8. The predicted molar refractivity (Wildman–Crippen MR) is 101 cm³/mol. The first-order chi connectivity index (χ1) is 12.3. The summed E-state index contributed by atoms with van der Waals surface area (Å²) in [5, 5.41) is 11.1. The van der Waals surface area contributed by atoms with E-state index in [9.17, 15) is 5.11 Å². The fourth-order valence-corrected chi connectivity index (χ4v) is 3.96. The van der Waals surface area contributed by atoms with Gasteiger partial charge in [-0.2, -0.15) is 0 Å². The number of aliphatic hydroxyl groups is 1. The lowest BCUT2D eigenvalue weighted by atomic mass is 9.80. The van der Waals surface area contributed by atoms with Crippen LogP contribution in [-0.2, 0) is 0 Å². The number of benzene rings is 1. The predicted octanol–water partition coefficient (Wildman–Crippen LogP) is 3.54. The molecule has 0 spiro atoms. The van der Waals surface area contributed by atoms with Crippen LogP contribution in [0.1, 0.15) is 23.6 Å². The third-order valence-electron chi connectivity index (χ3n) is 5.26. The zero-order chi connectivity index (χ0) is 17.2. The van der Waals surface area contributed by atoms with Gasteiger partial charge in [0.2, 0.25) is 0 Å². The highest BCUT2D eigenvalue weighted by atomic mass is 16.3. The summed E-state index contributed by atoms with van der Waals surface area (Å²) in [5.74, 6) is 0.647. The van der Waals surface area contributed by atoms with Crippen LogP contribution in [0.2, 0.25) is 0 Å². The van der Waals surface area contributed by atoms with Gasteiger partial charge in [0.1, 0.15) is 0 Å². The molecule has 4 rings (SSSR count). The first-order valence-electron chi connectivity index (χ1n) is 8.89. The van der Waals surface area contributed by atoms with Gasteiger partial charge < -0.3 is 10.0 Å². The van der Waals surface area contributed by atoms with Gasteiger partial charge in [0.25, 0.3) is 0 Å². The van der Waals surface area contributed by atoms with E-state index in [4.69, 9.17) is 0 Å². The summed E-state index contributed by atoms with van der Waals surface area (Å²) < 4.78 is 0. The van der Waals surface area contributed by atoms with Crippen LogP contribution in [0.25, 0.3) is 11.0 Å². The van der Waals surface area contributed by atoms with Gasteiger partial charge in [-0.15, -0.1) is 0 Å². The number of aliphatic hydroxyl groups excluding tert-OH is 1. The average Bonchev–Trinajstić information content (AvgIpc) is 2.67. The quantitative estimate of drug-likeness (QED) is 0.796. The highest BCUT2D eigenvalue weighted by Crippen LogP contribution is 2.36. The smallest absolute Gasteiger partial charge is 0.161 e. The standard InChI is InChI=1S/C21H23N3O/c1-15-7-8-19-20(9-11-22-21(19)23-15)24-12-10-18(17(13-24)14-25)16-5-3-2-4-6-16/h2-9,11,17-18,25H,10,12-14H2,1H3/t17-,18+/m1/s1. The molecule has 0 unspecified atom stereocenters. The van der Waals surface area contributed by atoms with Crippen molar-refractivity contribution >= 4 is 16.7 Å². The van der Waals surface area contributed by atoms with Crippen LogP contribution < -0.4 is 4.90 Å². The number of pyridine rings is 2. The minimum absolute atomic E-state index is 0.205. The van der Waals surface area contributed by atoms with Crippen LogP contribution in [0.15, 0.2) is 54.7 Å². The number of hydrogen-bond acceptors (Lipinski definition) is 4. The molecule has 3 heterocycles. The van der Waals surface area contributed by atoms with Gasteiger partial charge in [0.05, 0.1) is 0 Å². The van der Waals surface area contributed by atoms with E-state index >= 15 is 0 Å². The Kier molecular flexibility index (Phi) is 4.36. The van der Waals surface area contributed by atoms with Crippen molar-refractivity contribution in [1.82, 2.24) is 9.97 Å². The van der Waals surface area contributed by atoms with Crippen molar-refractivity contribution in [3.05, 3.63) is 66.0 Å². The number of nitrogens with zero attached hydrogens (tertiary/aromatic N) is 3. The normalized spacial score (nSPS) is 20.8. The molecule has 1 N–H and O–H groups in total. The number of piperidine rings is 1. The highest BCUT2D eigenvalue weighted by molar-refractivity contribution is 5.89. The molecular formula is C21H23N3O. The van der Waals surface area contributed by atoms with Crippen LogP contribution in [0.4, 0.5) is 5.69 Å². The van der Waals surface area contributed by atoms with Crippen LogP contribution >= 0.6 is 0 Å². The number of fused-ring (bicyclic) bond motifs is 1. The van der Waals surface area contributed by atoms with Gasteiger partial charge >= 0.3 is 0 Å². The lowest BCUT2D eigenvalue weighted by Gasteiger charge is -2.39. The van der Waals surface area contributed by atoms with E-state index in [2.05, 4.69) is 51.3 Å². The average molecular weight is 333 g/mol. The van der Waals surface area contributed by atoms with Crippen LogP contribution in [-0.4, -0.2) is 34.8 Å². The van der Waals surface area contributed by atoms with Crippen LogP contribution in [0, 0.1) is 12.8 Å². The molecule has 25 heavy (non-hydrogen) atoms. The van der Waals surface area contributed by atoms with Crippen molar-refractivity contribution in [2.45, 2.75) is 19.3 Å². The minimum Gasteiger partial charge on any atom is -0.396 e. The Morgan fingerprint density at radius 3 is 2.76 bits per heavy atom. The van der Waals surface area contributed by atoms with E-state index in [1.807, 2.05) is 25.3 Å². The first-order valence-corrected chi connectivity index (χ1v) is 8.89. The Balaban J connectivity index is 1.64. The van der Waals surface area contributed by atoms with E-state index < -0.39 is 0 Å². The molecule has 0 saturated carbocycles. The Labute approximate surface area is 148 Å². The van der Waals surface area contributed by atoms with E-state index in [1.165, 1.54) is 11.3 Å². The summed E-state index contributed by atoms with van der Waals surface area (Å²) >= 11 is 0. The lowest BCUT2D eigenvalue weighted by Crippen LogP contribution is -2.41. The van der Waals surface area contributed by atoms with Crippen molar-refractivity contribution in [3.8, 4) is 0 Å². The molecule has 128 valence electrons. The van der Waals surface area contributed by atoms with E-state index in [0.717, 1.165) is 36.2 Å². The first kappa shape index (κ1) is 16.0. The number of aryl methyl sites for hydroxylation is 1. The molecule has 4 heteroatoms. The molecule has 2 atom stereocenters. The number of rotatable bonds is 3. The molecule has 1 fully saturated rings. The maximum Gasteiger partial charge on any atom is 0.161 e. The maximum absolute atomic E-state index is 9.99. The van der Waals surface area contributed by atoms with Gasteiger partial charge in [-0.25, -0.2) is 9.97 Å². The molecule has 1 aliphatic rings. The summed E-state index contributed by atoms with van der Waals surface area (Å²) in [7, 11) is 0. The molecular weight excluding hydrogens is 310 g/mol. The number of hydrogen-bond donors (Lipinski definition) is 1. The number of anilines is 1. The Hall–Kier alpha value is -2.46. The summed E-state index contributed by atoms with van der Waals surface area (Å²) in [6.45, 7) is 4.02. The second-order valence-corrected chi connectivity index (χ2v) is 6.85. The molecule has 0 bridgehead atoms. The van der Waals surface area contributed by atoms with Crippen molar-refractivity contribution in [2.24, 2.45) is 5.92 Å². The highest BCUT2D eigenvalue weighted by Gasteiger charge is 2.30. The summed E-state index contributed by atoms with van der Waals surface area (Å²) in [4.78, 5) is 11.3. The zero-order valence-corrected chi connectivity index (χ0v) is 14.5. The van der Waals surface area contributed by atoms with E-state index in [1.54, 1.807) is 0 Å². The Bertz CT molecular complexity index is 865. The Morgan fingerprint density at radius 1 is 1.12 bits per heavy atom. The fourth-order valence-electron chi connectivity index (χ4n) is 3.96. The minimum atomic E-state index is 0.205. The van der Waals surface area contributed by atoms with Gasteiger partial charge in [-0.1, -0.05) is 30.3 Å². The molecule has 2 aromatic heterocycles. The molecule has 1 aromatic carbocycles. The molecule has 1 saturated heterocycles. The number of aromatic nitrogens is 2. The molecule has 0 radical (unpaired) electrons. The Morgan fingerprint density at radius 2 is 1.96 bits per heavy atom. The van der Waals surface area contributed by atoms with Crippen molar-refractivity contribution in [1.29, 1.82) is 0 Å². The van der Waals surface area contributed by atoms with Gasteiger partial charge in [-0.3, -0.25) is 0 Å². The van der Waals surface area contributed by atoms with E-state index in [-0.39, 0.29) is 12.5 Å². The zero-order valence-electron chi connectivity index (χ0n) is 14.5. The van der Waals surface area contributed by atoms with E-state index in [0.29, 0.717) is 5.92 Å². The van der Waals surface area contributed by atoms with Crippen molar-refractivity contribution in [3.63, 3.8) is 0 Å². The third kappa shape index (κ3) is 3.10. The van der Waals surface area contributed by atoms with Gasteiger partial charge in [0.15, 0.2) is 5.65 Å². The topological polar surface area (TPSA) is 49.2 Å². The maximum atomic E-state index is 9.99. The van der Waals surface area contributed by atoms with Crippen LogP contribution in [0.5, 0.6) is 0 Å². The van der Waals surface area contributed by atoms with Gasteiger partial charge in [-0.05, 0) is 43.0 Å². The largest absolute Gasteiger partial charge is 0.396 e. The molecule has 4 nitrogen and oxygen atoms in total. The lowest BCUT2D eigenvalue weighted by molar-refractivity contribution is 0.190. The fraction of sp³-hybridized carbons (Fsp3) is 0.333.